The molecule has 0 aromatic carbocycles. The average molecular weight is 513 g/mol. The van der Waals surface area contributed by atoms with Gasteiger partial charge < -0.3 is 23.8 Å². The van der Waals surface area contributed by atoms with Gasteiger partial charge in [0.15, 0.2) is 12.2 Å². The number of halogens is 1. The average Bonchev–Trinajstić information content (AvgIpc) is 2.48. The van der Waals surface area contributed by atoms with E-state index in [1.165, 1.54) is 27.7 Å². The van der Waals surface area contributed by atoms with Gasteiger partial charge in [0.2, 0.25) is 5.91 Å². The van der Waals surface area contributed by atoms with Crippen LogP contribution in [-0.2, 0) is 38.1 Å². The number of hydrogen-bond acceptors (Lipinski definition) is 8. The highest BCUT2D eigenvalue weighted by Crippen LogP contribution is 2.36. The van der Waals surface area contributed by atoms with Crippen LogP contribution >= 0.6 is 22.6 Å². The molecule has 1 fully saturated rings. The number of amides is 1. The van der Waals surface area contributed by atoms with E-state index >= 15 is 0 Å². The van der Waals surface area contributed by atoms with Gasteiger partial charge in [-0.15, -0.1) is 0 Å². The van der Waals surface area contributed by atoms with E-state index in [9.17, 15) is 19.2 Å². The van der Waals surface area contributed by atoms with Crippen LogP contribution in [0.5, 0.6) is 0 Å². The monoisotopic (exact) mass is 513 g/mol. The summed E-state index contributed by atoms with van der Waals surface area (Å²) in [5.74, 6) is -1.99. The van der Waals surface area contributed by atoms with Crippen molar-refractivity contribution < 1.29 is 38.1 Å². The Morgan fingerprint density at radius 2 is 1.43 bits per heavy atom. The molecule has 9 nitrogen and oxygen atoms in total. The number of nitrogens with zero attached hydrogens (tertiary/aromatic N) is 1. The highest BCUT2D eigenvalue weighted by atomic mass is 127. The smallest absolute Gasteiger partial charge is 0.303 e. The first kappa shape index (κ1) is 24.6. The molecule has 0 unspecified atom stereocenters. The molecule has 0 aliphatic carbocycles. The molecular formula is C18H28INO8. The normalized spacial score (nSPS) is 27.5. The minimum Gasteiger partial charge on any atom is -0.463 e. The zero-order chi connectivity index (χ0) is 21.8. The van der Waals surface area contributed by atoms with Gasteiger partial charge in [0.1, 0.15) is 22.9 Å². The number of esters is 3. The summed E-state index contributed by atoms with van der Waals surface area (Å²) in [7, 11) is 0. The molecule has 0 spiro atoms. The van der Waals surface area contributed by atoms with Crippen molar-refractivity contribution in [1.82, 2.24) is 4.90 Å². The second-order valence-electron chi connectivity index (χ2n) is 7.53. The molecule has 160 valence electrons. The fourth-order valence-electron chi connectivity index (χ4n) is 3.27. The number of carbonyl (C=O) groups is 4. The summed E-state index contributed by atoms with van der Waals surface area (Å²) < 4.78 is 21.3. The number of hydrogen-bond donors (Lipinski definition) is 0. The summed E-state index contributed by atoms with van der Waals surface area (Å²) in [4.78, 5) is 48.7. The summed E-state index contributed by atoms with van der Waals surface area (Å²) in [6.45, 7) is 10.4. The molecular weight excluding hydrogens is 485 g/mol. The maximum atomic E-state index is 12.4. The molecule has 0 aromatic heterocycles. The minimum atomic E-state index is -1.05. The van der Waals surface area contributed by atoms with E-state index in [-0.39, 0.29) is 12.5 Å². The van der Waals surface area contributed by atoms with Gasteiger partial charge in [-0.2, -0.15) is 0 Å². The predicted molar refractivity (Wildman–Crippen MR) is 106 cm³/mol. The molecule has 0 aromatic rings. The Morgan fingerprint density at radius 1 is 0.929 bits per heavy atom. The number of ether oxygens (including phenoxy) is 4. The highest BCUT2D eigenvalue weighted by Gasteiger charge is 2.54. The summed E-state index contributed by atoms with van der Waals surface area (Å²) in [5.41, 5.74) is -0.620. The fraction of sp³-hybridized carbons (Fsp3) is 0.778. The SMILES string of the molecule is CC(=O)OC[C@H]1O[C@H](I)[C@H](N(C(C)=O)C(C)(C)C)[C@@H](OC(C)=O)[C@@H]1OC(C)=O. The van der Waals surface area contributed by atoms with Crippen molar-refractivity contribution in [3.05, 3.63) is 0 Å². The lowest BCUT2D eigenvalue weighted by atomic mass is 9.92. The molecule has 0 saturated carbocycles. The molecule has 1 heterocycles. The molecule has 1 aliphatic heterocycles. The van der Waals surface area contributed by atoms with Crippen LogP contribution in [0.1, 0.15) is 48.5 Å². The summed E-state index contributed by atoms with van der Waals surface area (Å²) in [6.07, 6.45) is -2.91. The van der Waals surface area contributed by atoms with Gasteiger partial charge in [0.25, 0.3) is 0 Å². The summed E-state index contributed by atoms with van der Waals surface area (Å²) in [6, 6.07) is -0.722. The van der Waals surface area contributed by atoms with Gasteiger partial charge in [-0.25, -0.2) is 0 Å². The maximum absolute atomic E-state index is 12.4. The first-order valence-corrected chi connectivity index (χ1v) is 10.1. The van der Waals surface area contributed by atoms with Gasteiger partial charge in [0.05, 0.1) is 0 Å². The van der Waals surface area contributed by atoms with E-state index in [4.69, 9.17) is 18.9 Å². The van der Waals surface area contributed by atoms with Gasteiger partial charge in [-0.3, -0.25) is 19.2 Å². The number of carbonyl (C=O) groups excluding carboxylic acids is 4. The molecule has 28 heavy (non-hydrogen) atoms. The molecule has 1 rings (SSSR count). The molecule has 0 N–H and O–H groups in total. The standard InChI is InChI=1S/C18H28INO8/c1-9(21)20(18(5,6)7)14-16(27-12(4)24)15(26-11(3)23)13(28-17(14)19)8-25-10(2)22/h13-17H,8H2,1-7H3/t13-,14-,15-,16-,17+/m1/s1. The van der Waals surface area contributed by atoms with Crippen LogP contribution in [0.4, 0.5) is 0 Å². The molecule has 1 aliphatic rings. The van der Waals surface area contributed by atoms with Crippen LogP contribution in [0.25, 0.3) is 0 Å². The van der Waals surface area contributed by atoms with Crippen LogP contribution in [0, 0.1) is 0 Å². The van der Waals surface area contributed by atoms with Crippen molar-refractivity contribution in [1.29, 1.82) is 0 Å². The third-order valence-corrected chi connectivity index (χ3v) is 5.05. The topological polar surface area (TPSA) is 108 Å². The summed E-state index contributed by atoms with van der Waals surface area (Å²) in [5, 5.41) is 0. The zero-order valence-corrected chi connectivity index (χ0v) is 19.3. The molecule has 1 saturated heterocycles. The lowest BCUT2D eigenvalue weighted by Crippen LogP contribution is -2.68. The van der Waals surface area contributed by atoms with Crippen LogP contribution in [0.2, 0.25) is 0 Å². The number of alkyl halides is 1. The van der Waals surface area contributed by atoms with Crippen molar-refractivity contribution in [3.8, 4) is 0 Å². The van der Waals surface area contributed by atoms with Gasteiger partial charge in [-0.05, 0) is 43.4 Å². The van der Waals surface area contributed by atoms with Crippen molar-refractivity contribution in [2.75, 3.05) is 6.61 Å². The third kappa shape index (κ3) is 6.57. The quantitative estimate of drug-likeness (QED) is 0.236. The Hall–Kier alpha value is -1.43. The van der Waals surface area contributed by atoms with E-state index in [0.29, 0.717) is 0 Å². The first-order chi connectivity index (χ1) is 12.8. The van der Waals surface area contributed by atoms with Gasteiger partial charge in [0, 0.05) is 33.2 Å². The second kappa shape index (κ2) is 9.86. The van der Waals surface area contributed by atoms with E-state index in [0.717, 1.165) is 0 Å². The molecule has 1 amide bonds. The van der Waals surface area contributed by atoms with Gasteiger partial charge >= 0.3 is 17.9 Å². The van der Waals surface area contributed by atoms with Crippen molar-refractivity contribution >= 4 is 46.4 Å². The molecule has 5 atom stereocenters. The largest absolute Gasteiger partial charge is 0.463 e. The molecule has 0 radical (unpaired) electrons. The van der Waals surface area contributed by atoms with Crippen molar-refractivity contribution in [2.45, 2.75) is 82.5 Å². The third-order valence-electron chi connectivity index (χ3n) is 4.02. The number of rotatable bonds is 5. The zero-order valence-electron chi connectivity index (χ0n) is 17.2. The van der Waals surface area contributed by atoms with E-state index < -0.39 is 51.9 Å². The predicted octanol–water partition coefficient (Wildman–Crippen LogP) is 1.59. The lowest BCUT2D eigenvalue weighted by Gasteiger charge is -2.51. The maximum Gasteiger partial charge on any atom is 0.303 e. The highest BCUT2D eigenvalue weighted by molar-refractivity contribution is 14.1. The minimum absolute atomic E-state index is 0.188. The van der Waals surface area contributed by atoms with Crippen molar-refractivity contribution in [2.24, 2.45) is 0 Å². The van der Waals surface area contributed by atoms with Crippen LogP contribution in [0.15, 0.2) is 0 Å². The Morgan fingerprint density at radius 3 is 1.82 bits per heavy atom. The van der Waals surface area contributed by atoms with Crippen LogP contribution in [0.3, 0.4) is 0 Å². The van der Waals surface area contributed by atoms with Crippen LogP contribution in [-0.4, -0.2) is 69.3 Å². The van der Waals surface area contributed by atoms with Gasteiger partial charge in [-0.1, -0.05) is 0 Å². The van der Waals surface area contributed by atoms with E-state index in [1.807, 2.05) is 43.4 Å². The van der Waals surface area contributed by atoms with Crippen LogP contribution < -0.4 is 0 Å². The Kier molecular flexibility index (Phi) is 8.66. The van der Waals surface area contributed by atoms with E-state index in [1.54, 1.807) is 4.90 Å². The fourth-order valence-corrected chi connectivity index (χ4v) is 4.38. The van der Waals surface area contributed by atoms with E-state index in [2.05, 4.69) is 0 Å². The second-order valence-corrected chi connectivity index (χ2v) is 8.75. The molecule has 10 heteroatoms. The summed E-state index contributed by atoms with van der Waals surface area (Å²) >= 11 is 2.00. The Balaban J connectivity index is 3.42. The lowest BCUT2D eigenvalue weighted by molar-refractivity contribution is -0.224. The molecule has 0 bridgehead atoms. The first-order valence-electron chi connectivity index (χ1n) is 8.83. The Labute approximate surface area is 178 Å². The van der Waals surface area contributed by atoms with Crippen molar-refractivity contribution in [3.63, 3.8) is 0 Å². The Bertz CT molecular complexity index is 617.